The first-order valence-electron chi connectivity index (χ1n) is 5.18. The number of rotatable bonds is 4. The van der Waals surface area contributed by atoms with E-state index >= 15 is 0 Å². The lowest BCUT2D eigenvalue weighted by Gasteiger charge is -2.35. The molecule has 1 aliphatic heterocycles. The van der Waals surface area contributed by atoms with Crippen molar-refractivity contribution in [1.29, 1.82) is 0 Å². The minimum Gasteiger partial charge on any atom is -0.380 e. The van der Waals surface area contributed by atoms with E-state index < -0.39 is 0 Å². The van der Waals surface area contributed by atoms with E-state index in [1.807, 2.05) is 6.92 Å². The number of morpholine rings is 1. The number of hydrogen-bond acceptors (Lipinski definition) is 3. The molecule has 3 heteroatoms. The van der Waals surface area contributed by atoms with Crippen molar-refractivity contribution < 1.29 is 9.47 Å². The molecule has 13 heavy (non-hydrogen) atoms. The van der Waals surface area contributed by atoms with Crippen molar-refractivity contribution in [2.75, 3.05) is 32.8 Å². The largest absolute Gasteiger partial charge is 0.380 e. The molecule has 0 unspecified atom stereocenters. The maximum atomic E-state index is 5.64. The molecule has 1 aliphatic rings. The lowest BCUT2D eigenvalue weighted by molar-refractivity contribution is -0.0727. The van der Waals surface area contributed by atoms with Crippen molar-refractivity contribution in [3.8, 4) is 0 Å². The zero-order valence-electron chi connectivity index (χ0n) is 8.95. The molecule has 1 fully saturated rings. The zero-order valence-corrected chi connectivity index (χ0v) is 8.95. The highest BCUT2D eigenvalue weighted by molar-refractivity contribution is 4.72. The summed E-state index contributed by atoms with van der Waals surface area (Å²) < 4.78 is 11.0. The van der Waals surface area contributed by atoms with Crippen molar-refractivity contribution >= 4 is 0 Å². The van der Waals surface area contributed by atoms with Gasteiger partial charge >= 0.3 is 0 Å². The second-order valence-electron chi connectivity index (χ2n) is 3.71. The third-order valence-corrected chi connectivity index (χ3v) is 2.25. The smallest absolute Gasteiger partial charge is 0.0678 e. The molecule has 0 aromatic carbocycles. The van der Waals surface area contributed by atoms with E-state index in [1.54, 1.807) is 0 Å². The summed E-state index contributed by atoms with van der Waals surface area (Å²) in [6.07, 6.45) is 0.732. The fraction of sp³-hybridized carbons (Fsp3) is 1.00. The maximum absolute atomic E-state index is 5.64. The Kier molecular flexibility index (Phi) is 4.70. The van der Waals surface area contributed by atoms with Gasteiger partial charge in [-0.15, -0.1) is 0 Å². The second-order valence-corrected chi connectivity index (χ2v) is 3.71. The third kappa shape index (κ3) is 4.07. The molecule has 2 atom stereocenters. The van der Waals surface area contributed by atoms with Crippen molar-refractivity contribution in [3.05, 3.63) is 0 Å². The first kappa shape index (κ1) is 11.0. The van der Waals surface area contributed by atoms with Crippen LogP contribution in [0.5, 0.6) is 0 Å². The topological polar surface area (TPSA) is 21.7 Å². The van der Waals surface area contributed by atoms with Crippen molar-refractivity contribution in [2.24, 2.45) is 0 Å². The van der Waals surface area contributed by atoms with Gasteiger partial charge in [0.1, 0.15) is 0 Å². The van der Waals surface area contributed by atoms with Gasteiger partial charge in [0.25, 0.3) is 0 Å². The molecule has 1 rings (SSSR count). The fourth-order valence-corrected chi connectivity index (χ4v) is 1.80. The van der Waals surface area contributed by atoms with Gasteiger partial charge in [0.2, 0.25) is 0 Å². The summed E-state index contributed by atoms with van der Waals surface area (Å²) in [5.41, 5.74) is 0. The van der Waals surface area contributed by atoms with Gasteiger partial charge in [-0.2, -0.15) is 0 Å². The average Bonchev–Trinajstić information content (AvgIpc) is 2.03. The van der Waals surface area contributed by atoms with E-state index in [0.29, 0.717) is 12.2 Å². The molecular formula is C10H21NO2. The Balaban J connectivity index is 2.17. The molecule has 0 radical (unpaired) electrons. The normalized spacial score (nSPS) is 30.7. The van der Waals surface area contributed by atoms with E-state index in [9.17, 15) is 0 Å². The van der Waals surface area contributed by atoms with E-state index in [0.717, 1.165) is 32.8 Å². The second kappa shape index (κ2) is 5.58. The summed E-state index contributed by atoms with van der Waals surface area (Å²) >= 11 is 0. The molecule has 0 amide bonds. The molecule has 1 heterocycles. The maximum Gasteiger partial charge on any atom is 0.0678 e. The highest BCUT2D eigenvalue weighted by atomic mass is 16.5. The Morgan fingerprint density at radius 2 is 1.92 bits per heavy atom. The van der Waals surface area contributed by atoms with E-state index in [1.165, 1.54) is 0 Å². The Labute approximate surface area is 81.0 Å². The van der Waals surface area contributed by atoms with Gasteiger partial charge < -0.3 is 9.47 Å². The Bertz CT molecular complexity index is 131. The molecule has 0 aliphatic carbocycles. The van der Waals surface area contributed by atoms with Crippen LogP contribution >= 0.6 is 0 Å². The van der Waals surface area contributed by atoms with Crippen LogP contribution in [0.4, 0.5) is 0 Å². The number of hydrogen-bond donors (Lipinski definition) is 0. The van der Waals surface area contributed by atoms with Gasteiger partial charge in [-0.1, -0.05) is 0 Å². The Morgan fingerprint density at radius 3 is 2.46 bits per heavy atom. The van der Waals surface area contributed by atoms with Gasteiger partial charge in [0, 0.05) is 26.2 Å². The van der Waals surface area contributed by atoms with Crippen LogP contribution in [-0.2, 0) is 9.47 Å². The summed E-state index contributed by atoms with van der Waals surface area (Å²) in [6.45, 7) is 11.1. The highest BCUT2D eigenvalue weighted by Gasteiger charge is 2.21. The Hall–Kier alpha value is -0.120. The third-order valence-electron chi connectivity index (χ3n) is 2.25. The molecular weight excluding hydrogens is 166 g/mol. The van der Waals surface area contributed by atoms with Crippen LogP contribution in [0.1, 0.15) is 20.8 Å². The van der Waals surface area contributed by atoms with Crippen LogP contribution in [0.25, 0.3) is 0 Å². The monoisotopic (exact) mass is 187 g/mol. The minimum absolute atomic E-state index is 0.366. The summed E-state index contributed by atoms with van der Waals surface area (Å²) in [4.78, 5) is 2.41. The molecule has 0 aromatic heterocycles. The van der Waals surface area contributed by atoms with Crippen molar-refractivity contribution in [1.82, 2.24) is 4.90 Å². The van der Waals surface area contributed by atoms with Gasteiger partial charge in [-0.05, 0) is 20.8 Å². The van der Waals surface area contributed by atoms with Crippen LogP contribution in [0, 0.1) is 0 Å². The van der Waals surface area contributed by atoms with Crippen molar-refractivity contribution in [3.63, 3.8) is 0 Å². The highest BCUT2D eigenvalue weighted by Crippen LogP contribution is 2.09. The lowest BCUT2D eigenvalue weighted by Crippen LogP contribution is -2.46. The Morgan fingerprint density at radius 1 is 1.31 bits per heavy atom. The molecule has 3 nitrogen and oxygen atoms in total. The molecule has 0 bridgehead atoms. The van der Waals surface area contributed by atoms with Crippen LogP contribution in [0.15, 0.2) is 0 Å². The summed E-state index contributed by atoms with van der Waals surface area (Å²) in [6, 6.07) is 0. The summed E-state index contributed by atoms with van der Waals surface area (Å²) in [5.74, 6) is 0. The van der Waals surface area contributed by atoms with E-state index in [4.69, 9.17) is 9.47 Å². The lowest BCUT2D eigenvalue weighted by atomic mass is 10.2. The summed E-state index contributed by atoms with van der Waals surface area (Å²) in [5, 5.41) is 0. The van der Waals surface area contributed by atoms with Gasteiger partial charge in [0.15, 0.2) is 0 Å². The van der Waals surface area contributed by atoms with Crippen molar-refractivity contribution in [2.45, 2.75) is 33.0 Å². The van der Waals surface area contributed by atoms with Crippen LogP contribution in [0.2, 0.25) is 0 Å². The first-order valence-corrected chi connectivity index (χ1v) is 5.18. The summed E-state index contributed by atoms with van der Waals surface area (Å²) in [7, 11) is 0. The van der Waals surface area contributed by atoms with Crippen LogP contribution in [0.3, 0.4) is 0 Å². The van der Waals surface area contributed by atoms with Gasteiger partial charge in [-0.25, -0.2) is 0 Å². The number of nitrogens with zero attached hydrogens (tertiary/aromatic N) is 1. The van der Waals surface area contributed by atoms with E-state index in [-0.39, 0.29) is 0 Å². The predicted molar refractivity (Wildman–Crippen MR) is 52.9 cm³/mol. The molecule has 0 saturated carbocycles. The van der Waals surface area contributed by atoms with E-state index in [2.05, 4.69) is 18.7 Å². The molecule has 0 spiro atoms. The molecule has 0 N–H and O–H groups in total. The molecule has 1 saturated heterocycles. The number of ether oxygens (including phenoxy) is 2. The van der Waals surface area contributed by atoms with Gasteiger partial charge in [-0.3, -0.25) is 4.90 Å². The van der Waals surface area contributed by atoms with Crippen LogP contribution in [-0.4, -0.2) is 50.0 Å². The first-order chi connectivity index (χ1) is 6.22. The molecule has 0 aromatic rings. The van der Waals surface area contributed by atoms with Gasteiger partial charge in [0.05, 0.1) is 18.8 Å². The standard InChI is InChI=1S/C10H21NO2/c1-4-12-6-5-11-7-9(2)13-10(3)8-11/h9-10H,4-8H2,1-3H3/t9-,10+. The minimum atomic E-state index is 0.366. The molecule has 78 valence electrons. The average molecular weight is 187 g/mol. The quantitative estimate of drug-likeness (QED) is 0.616. The SMILES string of the molecule is CCOCCN1C[C@@H](C)O[C@@H](C)C1. The van der Waals surface area contributed by atoms with Crippen LogP contribution < -0.4 is 0 Å². The fourth-order valence-electron chi connectivity index (χ4n) is 1.80. The predicted octanol–water partition coefficient (Wildman–Crippen LogP) is 1.13. The zero-order chi connectivity index (χ0) is 9.68.